The zero-order valence-electron chi connectivity index (χ0n) is 14.8. The summed E-state index contributed by atoms with van der Waals surface area (Å²) < 4.78 is 24.8. The monoisotopic (exact) mass is 390 g/mol. The molecule has 0 fully saturated rings. The first-order chi connectivity index (χ1) is 12.3. The third kappa shape index (κ3) is 3.76. The highest BCUT2D eigenvalue weighted by atomic mass is 32.2. The van der Waals surface area contributed by atoms with E-state index in [2.05, 4.69) is 36.2 Å². The maximum absolute atomic E-state index is 12.4. The summed E-state index contributed by atoms with van der Waals surface area (Å²) in [5.74, 6) is -2.42. The van der Waals surface area contributed by atoms with Crippen molar-refractivity contribution in [2.45, 2.75) is 29.9 Å². The van der Waals surface area contributed by atoms with Gasteiger partial charge in [0.1, 0.15) is 4.99 Å². The number of likely N-dealkylation sites (N-methyl/N-ethyl adjacent to an activating group) is 1. The molecule has 2 nitrogen and oxygen atoms in total. The second kappa shape index (κ2) is 7.37. The van der Waals surface area contributed by atoms with Gasteiger partial charge in [-0.3, -0.25) is 0 Å². The maximum Gasteiger partial charge on any atom is 0.288 e. The second-order valence-electron chi connectivity index (χ2n) is 6.62. The molecule has 3 rings (SSSR count). The number of hydrogen-bond acceptors (Lipinski definition) is 3. The molecule has 0 saturated heterocycles. The lowest BCUT2D eigenvalue weighted by Crippen LogP contribution is -2.24. The van der Waals surface area contributed by atoms with Crippen molar-refractivity contribution < 1.29 is 8.78 Å². The normalized spacial score (nSPS) is 16.8. The molecular formula is C20H20F2N2S2. The number of benzene rings is 2. The van der Waals surface area contributed by atoms with E-state index in [-0.39, 0.29) is 5.41 Å². The van der Waals surface area contributed by atoms with Crippen molar-refractivity contribution in [2.24, 2.45) is 0 Å². The summed E-state index contributed by atoms with van der Waals surface area (Å²) in [7, 11) is 2.04. The molecule has 136 valence electrons. The van der Waals surface area contributed by atoms with E-state index in [1.165, 1.54) is 11.3 Å². The van der Waals surface area contributed by atoms with Crippen LogP contribution in [0.25, 0.3) is 0 Å². The van der Waals surface area contributed by atoms with Crippen LogP contribution in [0.4, 0.5) is 20.2 Å². The molecule has 0 aromatic heterocycles. The first-order valence-electron chi connectivity index (χ1n) is 8.20. The summed E-state index contributed by atoms with van der Waals surface area (Å²) in [6.07, 6.45) is 1.97. The lowest BCUT2D eigenvalue weighted by Gasteiger charge is -2.24. The van der Waals surface area contributed by atoms with Crippen molar-refractivity contribution in [1.29, 1.82) is 0 Å². The van der Waals surface area contributed by atoms with Gasteiger partial charge in [-0.2, -0.15) is 8.78 Å². The van der Waals surface area contributed by atoms with Crippen molar-refractivity contribution >= 4 is 40.3 Å². The molecule has 0 aliphatic carbocycles. The molecule has 1 heterocycles. The van der Waals surface area contributed by atoms with E-state index in [9.17, 15) is 8.78 Å². The van der Waals surface area contributed by atoms with E-state index in [1.54, 1.807) is 24.3 Å². The molecule has 0 bridgehead atoms. The molecule has 1 aliphatic heterocycles. The molecule has 0 amide bonds. The summed E-state index contributed by atoms with van der Waals surface area (Å²) in [5, 5.41) is 3.17. The fourth-order valence-electron chi connectivity index (χ4n) is 3.28. The van der Waals surface area contributed by atoms with Gasteiger partial charge >= 0.3 is 0 Å². The molecular weight excluding hydrogens is 370 g/mol. The fraction of sp³-hybridized carbons (Fsp3) is 0.250. The largest absolute Gasteiger partial charge is 0.347 e. The number of thiocarbonyl (C=S) groups is 1. The molecule has 6 heteroatoms. The molecule has 0 radical (unpaired) electrons. The van der Waals surface area contributed by atoms with Gasteiger partial charge in [0.15, 0.2) is 0 Å². The van der Waals surface area contributed by atoms with Crippen LogP contribution in [0.15, 0.2) is 65.2 Å². The number of allylic oxidation sites excluding steroid dienone is 1. The Hall–Kier alpha value is -1.92. The third-order valence-electron chi connectivity index (χ3n) is 4.56. The zero-order chi connectivity index (χ0) is 18.9. The summed E-state index contributed by atoms with van der Waals surface area (Å²) in [5.41, 5.74) is 4.20. The summed E-state index contributed by atoms with van der Waals surface area (Å²) in [4.78, 5) is 3.27. The highest BCUT2D eigenvalue weighted by Crippen LogP contribution is 2.46. The Bertz CT molecular complexity index is 845. The van der Waals surface area contributed by atoms with Gasteiger partial charge in [-0.05, 0) is 42.0 Å². The molecule has 26 heavy (non-hydrogen) atoms. The molecule has 0 saturated carbocycles. The first kappa shape index (κ1) is 18.9. The SMILES string of the molecule is CN1C(=CC(=S)Nc2ccc(SC(F)F)cc2)C(C)(C)c2ccccc21. The van der Waals surface area contributed by atoms with E-state index >= 15 is 0 Å². The van der Waals surface area contributed by atoms with Gasteiger partial charge in [0.2, 0.25) is 0 Å². The Labute approximate surface area is 162 Å². The van der Waals surface area contributed by atoms with Crippen molar-refractivity contribution in [2.75, 3.05) is 17.3 Å². The van der Waals surface area contributed by atoms with Crippen LogP contribution in [-0.2, 0) is 5.41 Å². The van der Waals surface area contributed by atoms with Gasteiger partial charge < -0.3 is 10.2 Å². The number of nitrogens with one attached hydrogen (secondary N) is 1. The van der Waals surface area contributed by atoms with E-state index in [4.69, 9.17) is 12.2 Å². The van der Waals surface area contributed by atoms with Crippen LogP contribution in [0.3, 0.4) is 0 Å². The smallest absolute Gasteiger partial charge is 0.288 e. The second-order valence-corrected chi connectivity index (χ2v) is 8.13. The Kier molecular flexibility index (Phi) is 5.34. The number of fused-ring (bicyclic) bond motifs is 1. The number of halogens is 2. The average molecular weight is 391 g/mol. The van der Waals surface area contributed by atoms with Crippen LogP contribution in [0.5, 0.6) is 0 Å². The highest BCUT2D eigenvalue weighted by Gasteiger charge is 2.38. The predicted octanol–water partition coefficient (Wildman–Crippen LogP) is 6.05. The zero-order valence-corrected chi connectivity index (χ0v) is 16.4. The van der Waals surface area contributed by atoms with Gasteiger partial charge in [0, 0.05) is 34.4 Å². The number of anilines is 2. The molecule has 1 aliphatic rings. The quantitative estimate of drug-likeness (QED) is 0.388. The Morgan fingerprint density at radius 2 is 1.81 bits per heavy atom. The topological polar surface area (TPSA) is 15.3 Å². The van der Waals surface area contributed by atoms with Gasteiger partial charge in [0.05, 0.1) is 0 Å². The van der Waals surface area contributed by atoms with Crippen molar-refractivity contribution in [3.8, 4) is 0 Å². The summed E-state index contributed by atoms with van der Waals surface area (Å²) >= 11 is 6.04. The molecule has 0 spiro atoms. The van der Waals surface area contributed by atoms with E-state index in [0.717, 1.165) is 11.4 Å². The molecule has 1 N–H and O–H groups in total. The Morgan fingerprint density at radius 3 is 2.42 bits per heavy atom. The standard InChI is InChI=1S/C20H20F2N2S2/c1-20(2)15-6-4-5-7-16(15)24(3)17(20)12-18(25)23-13-8-10-14(11-9-13)26-19(21)22/h4-12,19H,1-3H3,(H,23,25). The Balaban J connectivity index is 1.77. The van der Waals surface area contributed by atoms with Gasteiger partial charge in [-0.25, -0.2) is 0 Å². The van der Waals surface area contributed by atoms with Gasteiger partial charge in [-0.15, -0.1) is 0 Å². The fourth-order valence-corrected chi connectivity index (χ4v) is 4.01. The number of para-hydroxylation sites is 1. The average Bonchev–Trinajstić information content (AvgIpc) is 2.78. The van der Waals surface area contributed by atoms with Crippen LogP contribution in [0.1, 0.15) is 19.4 Å². The number of nitrogens with zero attached hydrogens (tertiary/aromatic N) is 1. The van der Waals surface area contributed by atoms with Crippen LogP contribution in [0, 0.1) is 0 Å². The summed E-state index contributed by atoms with van der Waals surface area (Å²) in [6, 6.07) is 15.2. The predicted molar refractivity (Wildman–Crippen MR) is 110 cm³/mol. The number of alkyl halides is 2. The molecule has 0 unspecified atom stereocenters. The number of thioether (sulfide) groups is 1. The van der Waals surface area contributed by atoms with Crippen LogP contribution >= 0.6 is 24.0 Å². The van der Waals surface area contributed by atoms with Crippen LogP contribution in [0.2, 0.25) is 0 Å². The van der Waals surface area contributed by atoms with Gasteiger partial charge in [-0.1, -0.05) is 56.0 Å². The van der Waals surface area contributed by atoms with Crippen molar-refractivity contribution in [3.05, 3.63) is 65.9 Å². The van der Waals surface area contributed by atoms with Gasteiger partial charge in [0.25, 0.3) is 5.76 Å². The minimum absolute atomic E-state index is 0.144. The van der Waals surface area contributed by atoms with E-state index < -0.39 is 5.76 Å². The molecule has 2 aromatic rings. The van der Waals surface area contributed by atoms with E-state index in [0.29, 0.717) is 21.6 Å². The minimum atomic E-state index is -2.42. The van der Waals surface area contributed by atoms with E-state index in [1.807, 2.05) is 25.3 Å². The van der Waals surface area contributed by atoms with Crippen LogP contribution in [-0.4, -0.2) is 17.8 Å². The lowest BCUT2D eigenvalue weighted by atomic mass is 9.84. The summed E-state index contributed by atoms with van der Waals surface area (Å²) in [6.45, 7) is 4.36. The molecule has 2 aromatic carbocycles. The maximum atomic E-state index is 12.4. The lowest BCUT2D eigenvalue weighted by molar-refractivity contribution is 0.252. The van der Waals surface area contributed by atoms with Crippen molar-refractivity contribution in [3.63, 3.8) is 0 Å². The molecule has 0 atom stereocenters. The van der Waals surface area contributed by atoms with Crippen molar-refractivity contribution in [1.82, 2.24) is 0 Å². The third-order valence-corrected chi connectivity index (χ3v) is 5.50. The minimum Gasteiger partial charge on any atom is -0.347 e. The first-order valence-corrected chi connectivity index (χ1v) is 9.49. The number of rotatable bonds is 4. The van der Waals surface area contributed by atoms with Crippen LogP contribution < -0.4 is 10.2 Å². The Morgan fingerprint density at radius 1 is 1.15 bits per heavy atom. The number of hydrogen-bond donors (Lipinski definition) is 1. The highest BCUT2D eigenvalue weighted by molar-refractivity contribution is 7.99.